The van der Waals surface area contributed by atoms with Gasteiger partial charge in [-0.2, -0.15) is 17.6 Å². The number of rotatable bonds is 6. The predicted molar refractivity (Wildman–Crippen MR) is 58.9 cm³/mol. The highest BCUT2D eigenvalue weighted by Gasteiger charge is 2.40. The fourth-order valence-corrected chi connectivity index (χ4v) is 1.61. The molecular formula is C12H12F4O4. The van der Waals surface area contributed by atoms with Crippen LogP contribution >= 0.6 is 0 Å². The Labute approximate surface area is 112 Å². The number of hydrogen-bond acceptors (Lipinski definition) is 4. The number of alkyl halides is 4. The normalized spacial score (nSPS) is 14.7. The minimum absolute atomic E-state index is 0.0944. The molecule has 1 aromatic rings. The zero-order chi connectivity index (χ0) is 14.8. The standard InChI is InChI=1S/C12H12F4O4/c1-11(13,14)20-12(15,16)6-17-5-8-2-3-9-10(4-8)19-7-18-9/h2-4H,5-7H2,1H3. The molecule has 0 atom stereocenters. The molecule has 0 aromatic heterocycles. The largest absolute Gasteiger partial charge is 0.454 e. The van der Waals surface area contributed by atoms with Crippen LogP contribution in [-0.4, -0.2) is 25.6 Å². The molecule has 1 heterocycles. The van der Waals surface area contributed by atoms with Gasteiger partial charge < -0.3 is 14.2 Å². The Bertz CT molecular complexity index is 473. The van der Waals surface area contributed by atoms with Gasteiger partial charge >= 0.3 is 12.2 Å². The van der Waals surface area contributed by atoms with E-state index >= 15 is 0 Å². The van der Waals surface area contributed by atoms with Gasteiger partial charge in [-0.25, -0.2) is 0 Å². The van der Waals surface area contributed by atoms with E-state index in [9.17, 15) is 17.6 Å². The molecule has 0 aliphatic carbocycles. The van der Waals surface area contributed by atoms with Crippen LogP contribution < -0.4 is 9.47 Å². The average Bonchev–Trinajstić information content (AvgIpc) is 2.72. The maximum atomic E-state index is 13.0. The fourth-order valence-electron chi connectivity index (χ4n) is 1.61. The van der Waals surface area contributed by atoms with Crippen LogP contribution in [-0.2, 0) is 16.1 Å². The summed E-state index contributed by atoms with van der Waals surface area (Å²) >= 11 is 0. The minimum atomic E-state index is -4.06. The first-order chi connectivity index (χ1) is 9.25. The Morgan fingerprint density at radius 1 is 1.15 bits per heavy atom. The zero-order valence-corrected chi connectivity index (χ0v) is 10.5. The first-order valence-electron chi connectivity index (χ1n) is 5.67. The van der Waals surface area contributed by atoms with Crippen molar-refractivity contribution in [2.45, 2.75) is 25.7 Å². The number of halogens is 4. The van der Waals surface area contributed by atoms with Crippen LogP contribution in [0, 0.1) is 0 Å². The second-order valence-electron chi connectivity index (χ2n) is 4.23. The summed E-state index contributed by atoms with van der Waals surface area (Å²) in [4.78, 5) is 0. The summed E-state index contributed by atoms with van der Waals surface area (Å²) in [6.45, 7) is -1.13. The molecule has 0 radical (unpaired) electrons. The molecule has 112 valence electrons. The topological polar surface area (TPSA) is 36.9 Å². The van der Waals surface area contributed by atoms with E-state index in [1.54, 1.807) is 18.2 Å². The lowest BCUT2D eigenvalue weighted by Gasteiger charge is -2.20. The quantitative estimate of drug-likeness (QED) is 0.756. The van der Waals surface area contributed by atoms with Gasteiger partial charge in [0.05, 0.1) is 6.61 Å². The van der Waals surface area contributed by atoms with E-state index in [1.165, 1.54) is 0 Å². The molecule has 0 unspecified atom stereocenters. The van der Waals surface area contributed by atoms with Crippen molar-refractivity contribution in [1.82, 2.24) is 0 Å². The lowest BCUT2D eigenvalue weighted by Crippen LogP contribution is -2.34. The van der Waals surface area contributed by atoms with Crippen LogP contribution in [0.3, 0.4) is 0 Å². The molecule has 0 fully saturated rings. The van der Waals surface area contributed by atoms with Crippen molar-refractivity contribution in [2.24, 2.45) is 0 Å². The maximum Gasteiger partial charge on any atom is 0.383 e. The molecule has 0 saturated carbocycles. The van der Waals surface area contributed by atoms with E-state index in [1.807, 2.05) is 0 Å². The third kappa shape index (κ3) is 4.24. The Morgan fingerprint density at radius 3 is 2.55 bits per heavy atom. The highest BCUT2D eigenvalue weighted by molar-refractivity contribution is 5.44. The monoisotopic (exact) mass is 296 g/mol. The van der Waals surface area contributed by atoms with Gasteiger partial charge in [0.25, 0.3) is 0 Å². The molecule has 1 aliphatic heterocycles. The highest BCUT2D eigenvalue weighted by atomic mass is 19.3. The van der Waals surface area contributed by atoms with Crippen molar-refractivity contribution in [3.63, 3.8) is 0 Å². The minimum Gasteiger partial charge on any atom is -0.454 e. The van der Waals surface area contributed by atoms with Gasteiger partial charge in [0, 0.05) is 6.92 Å². The molecule has 0 bridgehead atoms. The summed E-state index contributed by atoms with van der Waals surface area (Å²) in [5.41, 5.74) is 0.549. The van der Waals surface area contributed by atoms with Gasteiger partial charge in [-0.15, -0.1) is 0 Å². The molecule has 20 heavy (non-hydrogen) atoms. The predicted octanol–water partition coefficient (Wildman–Crippen LogP) is 3.15. The number of benzene rings is 1. The molecule has 8 heteroatoms. The lowest BCUT2D eigenvalue weighted by atomic mass is 10.2. The van der Waals surface area contributed by atoms with E-state index < -0.39 is 18.8 Å². The fraction of sp³-hybridized carbons (Fsp3) is 0.500. The maximum absolute atomic E-state index is 13.0. The van der Waals surface area contributed by atoms with Crippen molar-refractivity contribution < 1.29 is 36.5 Å². The van der Waals surface area contributed by atoms with Crippen LogP contribution in [0.25, 0.3) is 0 Å². The molecule has 0 spiro atoms. The summed E-state index contributed by atoms with van der Waals surface area (Å²) in [5.74, 6) is 1.03. The van der Waals surface area contributed by atoms with Gasteiger partial charge in [0.15, 0.2) is 11.5 Å². The molecule has 1 aliphatic rings. The summed E-state index contributed by atoms with van der Waals surface area (Å²) < 4.78 is 68.8. The average molecular weight is 296 g/mol. The molecule has 1 aromatic carbocycles. The van der Waals surface area contributed by atoms with Gasteiger partial charge in [-0.3, -0.25) is 4.74 Å². The summed E-state index contributed by atoms with van der Waals surface area (Å²) in [6, 6.07) is 4.77. The van der Waals surface area contributed by atoms with Gasteiger partial charge in [-0.1, -0.05) is 6.07 Å². The van der Waals surface area contributed by atoms with Crippen LogP contribution in [0.4, 0.5) is 17.6 Å². The molecule has 0 amide bonds. The third-order valence-electron chi connectivity index (χ3n) is 2.30. The van der Waals surface area contributed by atoms with Crippen molar-refractivity contribution in [3.05, 3.63) is 23.8 Å². The highest BCUT2D eigenvalue weighted by Crippen LogP contribution is 2.33. The van der Waals surface area contributed by atoms with Crippen LogP contribution in [0.15, 0.2) is 18.2 Å². The lowest BCUT2D eigenvalue weighted by molar-refractivity contribution is -0.378. The first kappa shape index (κ1) is 14.9. The van der Waals surface area contributed by atoms with Crippen molar-refractivity contribution in [1.29, 1.82) is 0 Å². The van der Waals surface area contributed by atoms with Crippen LogP contribution in [0.5, 0.6) is 11.5 Å². The summed E-state index contributed by atoms with van der Waals surface area (Å²) in [5, 5.41) is 0. The van der Waals surface area contributed by atoms with E-state index in [4.69, 9.17) is 9.47 Å². The molecule has 0 saturated heterocycles. The van der Waals surface area contributed by atoms with Crippen molar-refractivity contribution in [3.8, 4) is 11.5 Å². The second-order valence-corrected chi connectivity index (χ2v) is 4.23. The SMILES string of the molecule is CC(F)(F)OC(F)(F)COCc1ccc2c(c1)OCO2. The Morgan fingerprint density at radius 2 is 1.85 bits per heavy atom. The van der Waals surface area contributed by atoms with Crippen LogP contribution in [0.2, 0.25) is 0 Å². The Kier molecular flexibility index (Phi) is 4.05. The molecule has 0 N–H and O–H groups in total. The number of fused-ring (bicyclic) bond motifs is 1. The zero-order valence-electron chi connectivity index (χ0n) is 10.5. The molecule has 2 rings (SSSR count). The van der Waals surface area contributed by atoms with Gasteiger partial charge in [0.2, 0.25) is 6.79 Å². The second kappa shape index (κ2) is 5.45. The van der Waals surface area contributed by atoms with Crippen molar-refractivity contribution in [2.75, 3.05) is 13.4 Å². The summed E-state index contributed by atoms with van der Waals surface area (Å²) in [7, 11) is 0. The van der Waals surface area contributed by atoms with Crippen molar-refractivity contribution >= 4 is 0 Å². The summed E-state index contributed by atoms with van der Waals surface area (Å²) in [6.07, 6.45) is -7.99. The molecular weight excluding hydrogens is 284 g/mol. The number of ether oxygens (including phenoxy) is 4. The molecule has 4 nitrogen and oxygen atoms in total. The number of hydrogen-bond donors (Lipinski definition) is 0. The van der Waals surface area contributed by atoms with E-state index in [-0.39, 0.29) is 20.3 Å². The Hall–Kier alpha value is -1.54. The van der Waals surface area contributed by atoms with E-state index in [0.29, 0.717) is 17.1 Å². The Balaban J connectivity index is 1.84. The smallest absolute Gasteiger partial charge is 0.383 e. The van der Waals surface area contributed by atoms with E-state index in [2.05, 4.69) is 9.47 Å². The van der Waals surface area contributed by atoms with E-state index in [0.717, 1.165) is 0 Å². The third-order valence-corrected chi connectivity index (χ3v) is 2.30. The first-order valence-corrected chi connectivity index (χ1v) is 5.67. The van der Waals surface area contributed by atoms with Gasteiger partial charge in [0.1, 0.15) is 6.61 Å². The van der Waals surface area contributed by atoms with Crippen LogP contribution in [0.1, 0.15) is 12.5 Å². The van der Waals surface area contributed by atoms with Gasteiger partial charge in [-0.05, 0) is 17.7 Å².